The predicted octanol–water partition coefficient (Wildman–Crippen LogP) is 2.34. The summed E-state index contributed by atoms with van der Waals surface area (Å²) in [6.45, 7) is 4.08. The molecule has 0 saturated carbocycles. The van der Waals surface area contributed by atoms with E-state index in [0.717, 1.165) is 61.4 Å². The van der Waals surface area contributed by atoms with Crippen LogP contribution in [0.3, 0.4) is 0 Å². The Balaban J connectivity index is 1.58. The Kier molecular flexibility index (Phi) is 4.27. The maximum atomic E-state index is 12.4. The number of fused-ring (bicyclic) bond motifs is 1. The van der Waals surface area contributed by atoms with Crippen LogP contribution in [-0.2, 0) is 11.2 Å². The summed E-state index contributed by atoms with van der Waals surface area (Å²) in [5.74, 6) is 1.78. The minimum atomic E-state index is 0.250. The van der Waals surface area contributed by atoms with Crippen molar-refractivity contribution in [2.75, 3.05) is 26.2 Å². The summed E-state index contributed by atoms with van der Waals surface area (Å²) in [6, 6.07) is 7.58. The van der Waals surface area contributed by atoms with Crippen LogP contribution in [0.1, 0.15) is 18.4 Å². The molecule has 3 nitrogen and oxygen atoms in total. The third kappa shape index (κ3) is 3.15. The number of hydrogen-bond acceptors (Lipinski definition) is 2. The molecule has 2 aliphatic heterocycles. The second kappa shape index (κ2) is 6.15. The van der Waals surface area contributed by atoms with Gasteiger partial charge in [0.05, 0.1) is 6.42 Å². The summed E-state index contributed by atoms with van der Waals surface area (Å²) in [5.41, 5.74) is 1.05. The summed E-state index contributed by atoms with van der Waals surface area (Å²) >= 11 is 5.87. The third-order valence-corrected chi connectivity index (χ3v) is 4.89. The predicted molar refractivity (Wildman–Crippen MR) is 80.8 cm³/mol. The van der Waals surface area contributed by atoms with E-state index in [-0.39, 0.29) is 5.91 Å². The number of rotatable bonds is 2. The molecule has 108 valence electrons. The number of hydrogen-bond donors (Lipinski definition) is 1. The highest BCUT2D eigenvalue weighted by Crippen LogP contribution is 2.27. The molecule has 1 aromatic carbocycles. The minimum absolute atomic E-state index is 0.250. The SMILES string of the molecule is O=C(Cc1ccc(Cl)cc1)N1CCC2CNCC2CC1. The van der Waals surface area contributed by atoms with Crippen molar-refractivity contribution in [1.82, 2.24) is 10.2 Å². The zero-order valence-electron chi connectivity index (χ0n) is 11.6. The van der Waals surface area contributed by atoms with Crippen molar-refractivity contribution in [3.63, 3.8) is 0 Å². The summed E-state index contributed by atoms with van der Waals surface area (Å²) in [5, 5.41) is 4.18. The first-order valence-electron chi connectivity index (χ1n) is 7.45. The molecule has 2 aliphatic rings. The third-order valence-electron chi connectivity index (χ3n) is 4.64. The fourth-order valence-corrected chi connectivity index (χ4v) is 3.48. The highest BCUT2D eigenvalue weighted by Gasteiger charge is 2.31. The number of benzene rings is 1. The average Bonchev–Trinajstić information content (AvgIpc) is 2.80. The Bertz CT molecular complexity index is 460. The number of carbonyl (C=O) groups excluding carboxylic acids is 1. The maximum absolute atomic E-state index is 12.4. The lowest BCUT2D eigenvalue weighted by Crippen LogP contribution is -2.33. The molecule has 2 heterocycles. The fraction of sp³-hybridized carbons (Fsp3) is 0.562. The highest BCUT2D eigenvalue weighted by molar-refractivity contribution is 6.30. The highest BCUT2D eigenvalue weighted by atomic mass is 35.5. The molecule has 4 heteroatoms. The van der Waals surface area contributed by atoms with E-state index < -0.39 is 0 Å². The Morgan fingerprint density at radius 3 is 2.35 bits per heavy atom. The van der Waals surface area contributed by atoms with E-state index >= 15 is 0 Å². The smallest absolute Gasteiger partial charge is 0.226 e. The molecular weight excluding hydrogens is 272 g/mol. The van der Waals surface area contributed by atoms with Crippen LogP contribution < -0.4 is 5.32 Å². The lowest BCUT2D eigenvalue weighted by molar-refractivity contribution is -0.130. The van der Waals surface area contributed by atoms with Gasteiger partial charge >= 0.3 is 0 Å². The summed E-state index contributed by atoms with van der Waals surface area (Å²) in [6.07, 6.45) is 2.78. The molecule has 0 bridgehead atoms. The summed E-state index contributed by atoms with van der Waals surface area (Å²) < 4.78 is 0. The maximum Gasteiger partial charge on any atom is 0.226 e. The Hall–Kier alpha value is -1.06. The lowest BCUT2D eigenvalue weighted by Gasteiger charge is -2.21. The van der Waals surface area contributed by atoms with Gasteiger partial charge in [-0.05, 0) is 55.5 Å². The van der Waals surface area contributed by atoms with Crippen LogP contribution in [0.15, 0.2) is 24.3 Å². The van der Waals surface area contributed by atoms with E-state index in [1.54, 1.807) is 0 Å². The van der Waals surface area contributed by atoms with Crippen LogP contribution in [0.25, 0.3) is 0 Å². The van der Waals surface area contributed by atoms with Crippen molar-refractivity contribution in [2.45, 2.75) is 19.3 Å². The second-order valence-corrected chi connectivity index (χ2v) is 6.38. The Morgan fingerprint density at radius 2 is 1.75 bits per heavy atom. The molecule has 0 radical (unpaired) electrons. The van der Waals surface area contributed by atoms with Gasteiger partial charge in [0.15, 0.2) is 0 Å². The normalized spacial score (nSPS) is 26.1. The van der Waals surface area contributed by atoms with E-state index in [4.69, 9.17) is 11.6 Å². The van der Waals surface area contributed by atoms with Gasteiger partial charge in [-0.15, -0.1) is 0 Å². The first-order chi connectivity index (χ1) is 9.72. The first-order valence-corrected chi connectivity index (χ1v) is 7.83. The zero-order valence-corrected chi connectivity index (χ0v) is 12.4. The van der Waals surface area contributed by atoms with Crippen LogP contribution in [0.5, 0.6) is 0 Å². The molecule has 2 fully saturated rings. The molecule has 20 heavy (non-hydrogen) atoms. The quantitative estimate of drug-likeness (QED) is 0.907. The standard InChI is InChI=1S/C16H21ClN2O/c17-15-3-1-12(2-4-15)9-16(20)19-7-5-13-10-18-11-14(13)6-8-19/h1-4,13-14,18H,5-11H2. The lowest BCUT2D eigenvalue weighted by atomic mass is 9.92. The zero-order chi connectivity index (χ0) is 13.9. The van der Waals surface area contributed by atoms with E-state index in [1.807, 2.05) is 29.2 Å². The molecule has 2 unspecified atom stereocenters. The fourth-order valence-electron chi connectivity index (χ4n) is 3.36. The molecule has 1 amide bonds. The van der Waals surface area contributed by atoms with Gasteiger partial charge in [-0.2, -0.15) is 0 Å². The molecule has 0 aromatic heterocycles. The van der Waals surface area contributed by atoms with Gasteiger partial charge in [-0.3, -0.25) is 4.79 Å². The largest absolute Gasteiger partial charge is 0.342 e. The molecule has 1 aromatic rings. The van der Waals surface area contributed by atoms with Gasteiger partial charge in [0, 0.05) is 18.1 Å². The van der Waals surface area contributed by atoms with Crippen LogP contribution in [-0.4, -0.2) is 37.0 Å². The molecule has 2 atom stereocenters. The van der Waals surface area contributed by atoms with E-state index in [9.17, 15) is 4.79 Å². The van der Waals surface area contributed by atoms with Crippen molar-refractivity contribution >= 4 is 17.5 Å². The van der Waals surface area contributed by atoms with Gasteiger partial charge in [-0.25, -0.2) is 0 Å². The molecule has 0 spiro atoms. The topological polar surface area (TPSA) is 32.3 Å². The molecule has 0 aliphatic carbocycles. The molecular formula is C16H21ClN2O. The average molecular weight is 293 g/mol. The minimum Gasteiger partial charge on any atom is -0.342 e. The monoisotopic (exact) mass is 292 g/mol. The van der Waals surface area contributed by atoms with E-state index in [1.165, 1.54) is 0 Å². The van der Waals surface area contributed by atoms with E-state index in [2.05, 4.69) is 5.32 Å². The summed E-state index contributed by atoms with van der Waals surface area (Å²) in [7, 11) is 0. The van der Waals surface area contributed by atoms with Gasteiger partial charge in [0.2, 0.25) is 5.91 Å². The van der Waals surface area contributed by atoms with Crippen LogP contribution in [0.2, 0.25) is 5.02 Å². The van der Waals surface area contributed by atoms with Crippen LogP contribution >= 0.6 is 11.6 Å². The van der Waals surface area contributed by atoms with E-state index in [0.29, 0.717) is 6.42 Å². The first kappa shape index (κ1) is 13.9. The number of halogens is 1. The second-order valence-electron chi connectivity index (χ2n) is 5.94. The Labute approximate surface area is 125 Å². The van der Waals surface area contributed by atoms with Crippen molar-refractivity contribution in [3.05, 3.63) is 34.9 Å². The van der Waals surface area contributed by atoms with Crippen molar-refractivity contribution < 1.29 is 4.79 Å². The van der Waals surface area contributed by atoms with Gasteiger partial charge in [0.25, 0.3) is 0 Å². The molecule has 1 N–H and O–H groups in total. The van der Waals surface area contributed by atoms with Gasteiger partial charge in [-0.1, -0.05) is 23.7 Å². The number of nitrogens with one attached hydrogen (secondary N) is 1. The van der Waals surface area contributed by atoms with Crippen LogP contribution in [0, 0.1) is 11.8 Å². The number of amides is 1. The van der Waals surface area contributed by atoms with Crippen molar-refractivity contribution in [3.8, 4) is 0 Å². The van der Waals surface area contributed by atoms with Crippen molar-refractivity contribution in [1.29, 1.82) is 0 Å². The molecule has 3 rings (SSSR count). The van der Waals surface area contributed by atoms with Gasteiger partial charge < -0.3 is 10.2 Å². The van der Waals surface area contributed by atoms with Crippen LogP contribution in [0.4, 0.5) is 0 Å². The summed E-state index contributed by atoms with van der Waals surface area (Å²) in [4.78, 5) is 14.5. The Morgan fingerprint density at radius 1 is 1.15 bits per heavy atom. The number of carbonyl (C=O) groups is 1. The van der Waals surface area contributed by atoms with Gasteiger partial charge in [0.1, 0.15) is 0 Å². The molecule has 2 saturated heterocycles. The number of likely N-dealkylation sites (tertiary alicyclic amines) is 1. The number of nitrogens with zero attached hydrogens (tertiary/aromatic N) is 1. The van der Waals surface area contributed by atoms with Crippen molar-refractivity contribution in [2.24, 2.45) is 11.8 Å².